The Balaban J connectivity index is 2.06. The molecule has 0 saturated heterocycles. The average Bonchev–Trinajstić information content (AvgIpc) is 2.57. The second-order valence-corrected chi connectivity index (χ2v) is 6.68. The lowest BCUT2D eigenvalue weighted by molar-refractivity contribution is -0.137. The van der Waals surface area contributed by atoms with Crippen molar-refractivity contribution in [1.82, 2.24) is 0 Å². The summed E-state index contributed by atoms with van der Waals surface area (Å²) in [6, 6.07) is 16.0. The Morgan fingerprint density at radius 3 is 2.00 bits per heavy atom. The van der Waals surface area contributed by atoms with Crippen molar-refractivity contribution in [2.75, 3.05) is 5.75 Å². The number of hydrogen-bond donors (Lipinski definition) is 2. The van der Waals surface area contributed by atoms with Crippen LogP contribution in [0.25, 0.3) is 21.5 Å². The molecule has 3 aromatic carbocycles. The maximum absolute atomic E-state index is 10.9. The smallest absolute Gasteiger partial charge is 0.321 e. The summed E-state index contributed by atoms with van der Waals surface area (Å²) in [6.07, 6.45) is 0. The van der Waals surface area contributed by atoms with Crippen LogP contribution in [0.4, 0.5) is 0 Å². The fraction of sp³-hybridized carbons (Fsp3) is 0.211. The number of hydrogen-bond acceptors (Lipinski definition) is 3. The van der Waals surface area contributed by atoms with Crippen molar-refractivity contribution in [2.45, 2.75) is 18.7 Å². The van der Waals surface area contributed by atoms with Gasteiger partial charge in [0.05, 0.1) is 0 Å². The van der Waals surface area contributed by atoms with Gasteiger partial charge in [-0.3, -0.25) is 4.79 Å². The maximum Gasteiger partial charge on any atom is 0.321 e. The molecule has 1 atom stereocenters. The highest BCUT2D eigenvalue weighted by molar-refractivity contribution is 7.98. The molecule has 4 heteroatoms. The molecule has 3 rings (SSSR count). The molecule has 1 unspecified atom stereocenters. The van der Waals surface area contributed by atoms with E-state index < -0.39 is 12.0 Å². The number of nitrogens with two attached hydrogens (primary N) is 1. The summed E-state index contributed by atoms with van der Waals surface area (Å²) in [5, 5.41) is 13.9. The molecule has 0 amide bonds. The molecule has 0 aromatic heterocycles. The lowest BCUT2D eigenvalue weighted by Gasteiger charge is -2.15. The van der Waals surface area contributed by atoms with Crippen LogP contribution in [0, 0.1) is 6.92 Å². The zero-order chi connectivity index (χ0) is 16.4. The lowest BCUT2D eigenvalue weighted by atomic mass is 9.93. The van der Waals surface area contributed by atoms with E-state index in [1.165, 1.54) is 32.7 Å². The predicted octanol–water partition coefficient (Wildman–Crippen LogP) is 3.95. The van der Waals surface area contributed by atoms with Gasteiger partial charge >= 0.3 is 5.97 Å². The average molecular weight is 325 g/mol. The Morgan fingerprint density at radius 2 is 1.52 bits per heavy atom. The minimum atomic E-state index is -0.948. The van der Waals surface area contributed by atoms with E-state index in [0.717, 1.165) is 5.75 Å². The number of aliphatic carboxylic acids is 1. The van der Waals surface area contributed by atoms with E-state index in [9.17, 15) is 4.79 Å². The van der Waals surface area contributed by atoms with Crippen molar-refractivity contribution in [3.63, 3.8) is 0 Å². The fourth-order valence-electron chi connectivity index (χ4n) is 2.95. The van der Waals surface area contributed by atoms with Crippen LogP contribution >= 0.6 is 11.8 Å². The molecule has 0 aliphatic rings. The predicted molar refractivity (Wildman–Crippen MR) is 98.0 cm³/mol. The SMILES string of the molecule is Cc1c2ccccc2c(CSCC(N)C(=O)O)c2ccccc12. The van der Waals surface area contributed by atoms with Gasteiger partial charge in [-0.2, -0.15) is 11.8 Å². The molecule has 0 fully saturated rings. The van der Waals surface area contributed by atoms with Gasteiger partial charge in [0, 0.05) is 11.5 Å². The molecule has 0 aliphatic carbocycles. The van der Waals surface area contributed by atoms with E-state index in [4.69, 9.17) is 10.8 Å². The third kappa shape index (κ3) is 3.05. The third-order valence-corrected chi connectivity index (χ3v) is 5.26. The molecule has 0 bridgehead atoms. The lowest BCUT2D eigenvalue weighted by Crippen LogP contribution is -2.32. The number of carboxylic acid groups (broad SMARTS) is 1. The quantitative estimate of drug-likeness (QED) is 0.697. The van der Waals surface area contributed by atoms with Crippen molar-refractivity contribution in [2.24, 2.45) is 5.73 Å². The van der Waals surface area contributed by atoms with Gasteiger partial charge < -0.3 is 10.8 Å². The molecular formula is C19H19NO2S. The number of benzene rings is 3. The molecule has 3 nitrogen and oxygen atoms in total. The van der Waals surface area contributed by atoms with E-state index in [1.54, 1.807) is 11.8 Å². The Kier molecular flexibility index (Phi) is 4.55. The van der Waals surface area contributed by atoms with Gasteiger partial charge in [-0.25, -0.2) is 0 Å². The highest BCUT2D eigenvalue weighted by Crippen LogP contribution is 2.34. The second kappa shape index (κ2) is 6.60. The number of thioether (sulfide) groups is 1. The van der Waals surface area contributed by atoms with Gasteiger partial charge in [0.25, 0.3) is 0 Å². The molecular weight excluding hydrogens is 306 g/mol. The number of fused-ring (bicyclic) bond motifs is 2. The summed E-state index contributed by atoms with van der Waals surface area (Å²) in [6.45, 7) is 2.15. The molecule has 3 aromatic rings. The normalized spacial score (nSPS) is 12.6. The van der Waals surface area contributed by atoms with Crippen molar-refractivity contribution < 1.29 is 9.90 Å². The zero-order valence-electron chi connectivity index (χ0n) is 13.0. The van der Waals surface area contributed by atoms with E-state index in [2.05, 4.69) is 43.3 Å². The number of aryl methyl sites for hydroxylation is 1. The van der Waals surface area contributed by atoms with Crippen LogP contribution < -0.4 is 5.73 Å². The van der Waals surface area contributed by atoms with E-state index in [0.29, 0.717) is 5.75 Å². The summed E-state index contributed by atoms with van der Waals surface area (Å²) in [5.41, 5.74) is 8.15. The number of carbonyl (C=O) groups is 1. The van der Waals surface area contributed by atoms with Gasteiger partial charge in [0.15, 0.2) is 0 Å². The minimum Gasteiger partial charge on any atom is -0.480 e. The van der Waals surface area contributed by atoms with Gasteiger partial charge in [-0.1, -0.05) is 48.5 Å². The van der Waals surface area contributed by atoms with Crippen LogP contribution in [-0.2, 0) is 10.5 Å². The summed E-state index contributed by atoms with van der Waals surface area (Å²) >= 11 is 1.57. The van der Waals surface area contributed by atoms with Gasteiger partial charge in [0.1, 0.15) is 6.04 Å². The molecule has 23 heavy (non-hydrogen) atoms. The zero-order valence-corrected chi connectivity index (χ0v) is 13.8. The first-order valence-corrected chi connectivity index (χ1v) is 8.70. The Labute approximate surface area is 139 Å². The third-order valence-electron chi connectivity index (χ3n) is 4.17. The van der Waals surface area contributed by atoms with Gasteiger partial charge in [-0.15, -0.1) is 0 Å². The molecule has 0 spiro atoms. The molecule has 3 N–H and O–H groups in total. The van der Waals surface area contributed by atoms with Crippen molar-refractivity contribution >= 4 is 39.3 Å². The first-order chi connectivity index (χ1) is 11.1. The van der Waals surface area contributed by atoms with Crippen LogP contribution in [-0.4, -0.2) is 22.9 Å². The van der Waals surface area contributed by atoms with Crippen molar-refractivity contribution in [3.8, 4) is 0 Å². The van der Waals surface area contributed by atoms with Gasteiger partial charge in [0.2, 0.25) is 0 Å². The van der Waals surface area contributed by atoms with Gasteiger partial charge in [-0.05, 0) is 39.6 Å². The Morgan fingerprint density at radius 1 is 1.04 bits per heavy atom. The first-order valence-electron chi connectivity index (χ1n) is 7.54. The van der Waals surface area contributed by atoms with E-state index in [1.807, 2.05) is 12.1 Å². The Hall–Kier alpha value is -2.04. The molecule has 0 heterocycles. The minimum absolute atomic E-state index is 0.409. The standard InChI is InChI=1S/C19H19NO2S/c1-12-13-6-2-4-8-15(13)17(10-23-11-18(20)19(21)22)16-9-5-3-7-14(12)16/h2-9,18H,10-11,20H2,1H3,(H,21,22). The Bertz CT molecular complexity index is 819. The summed E-state index contributed by atoms with van der Waals surface area (Å²) in [7, 11) is 0. The maximum atomic E-state index is 10.9. The van der Waals surface area contributed by atoms with E-state index in [-0.39, 0.29) is 0 Å². The largest absolute Gasteiger partial charge is 0.480 e. The van der Waals surface area contributed by atoms with Crippen LogP contribution in [0.3, 0.4) is 0 Å². The summed E-state index contributed by atoms with van der Waals surface area (Å²) in [4.78, 5) is 10.9. The highest BCUT2D eigenvalue weighted by Gasteiger charge is 2.14. The number of carboxylic acids is 1. The summed E-state index contributed by atoms with van der Waals surface area (Å²) < 4.78 is 0. The van der Waals surface area contributed by atoms with Crippen molar-refractivity contribution in [3.05, 3.63) is 59.7 Å². The van der Waals surface area contributed by atoms with Crippen LogP contribution in [0.2, 0.25) is 0 Å². The highest BCUT2D eigenvalue weighted by atomic mass is 32.2. The first kappa shape index (κ1) is 15.8. The molecule has 0 radical (unpaired) electrons. The fourth-order valence-corrected chi connectivity index (χ4v) is 3.98. The van der Waals surface area contributed by atoms with Crippen molar-refractivity contribution in [1.29, 1.82) is 0 Å². The molecule has 118 valence electrons. The van der Waals surface area contributed by atoms with E-state index >= 15 is 0 Å². The number of rotatable bonds is 5. The second-order valence-electron chi connectivity index (χ2n) is 5.65. The topological polar surface area (TPSA) is 63.3 Å². The van der Waals surface area contributed by atoms with Crippen LogP contribution in [0.5, 0.6) is 0 Å². The van der Waals surface area contributed by atoms with Crippen LogP contribution in [0.1, 0.15) is 11.1 Å². The summed E-state index contributed by atoms with van der Waals surface area (Å²) in [5.74, 6) is 0.213. The van der Waals surface area contributed by atoms with Crippen LogP contribution in [0.15, 0.2) is 48.5 Å². The monoisotopic (exact) mass is 325 g/mol. The molecule has 0 aliphatic heterocycles. The molecule has 0 saturated carbocycles.